The van der Waals surface area contributed by atoms with Crippen LogP contribution in [0.2, 0.25) is 0 Å². The van der Waals surface area contributed by atoms with Crippen molar-refractivity contribution >= 4 is 39.7 Å². The van der Waals surface area contributed by atoms with Gasteiger partial charge in [0.1, 0.15) is 9.88 Å². The summed E-state index contributed by atoms with van der Waals surface area (Å²) in [6.45, 7) is 3.14. The van der Waals surface area contributed by atoms with Crippen LogP contribution in [0.25, 0.3) is 0 Å². The van der Waals surface area contributed by atoms with Crippen LogP contribution in [-0.4, -0.2) is 45.5 Å². The minimum atomic E-state index is -0.118. The number of nitrogens with two attached hydrogens (primary N) is 1. The van der Waals surface area contributed by atoms with Crippen LogP contribution < -0.4 is 16.0 Å². The zero-order valence-electron chi connectivity index (χ0n) is 10.5. The van der Waals surface area contributed by atoms with E-state index in [1.807, 2.05) is 6.26 Å². The highest BCUT2D eigenvalue weighted by molar-refractivity contribution is 7.99. The van der Waals surface area contributed by atoms with Crippen molar-refractivity contribution in [1.82, 2.24) is 5.32 Å². The average Bonchev–Trinajstić information content (AvgIpc) is 2.76. The molecule has 1 fully saturated rings. The monoisotopic (exact) mass is 287 g/mol. The highest BCUT2D eigenvalue weighted by Gasteiger charge is 2.24. The molecule has 1 amide bonds. The van der Waals surface area contributed by atoms with Gasteiger partial charge in [-0.3, -0.25) is 4.79 Å². The minimum absolute atomic E-state index is 0.118. The topological polar surface area (TPSA) is 67.6 Å². The van der Waals surface area contributed by atoms with Crippen LogP contribution in [0.3, 0.4) is 0 Å². The molecule has 1 aliphatic rings. The summed E-state index contributed by atoms with van der Waals surface area (Å²) in [5, 5.41) is 3.71. The molecule has 7 heteroatoms. The maximum absolute atomic E-state index is 11.8. The minimum Gasteiger partial charge on any atom is -0.396 e. The second kappa shape index (κ2) is 5.81. The molecule has 0 unspecified atom stereocenters. The molecule has 1 aromatic heterocycles. The fourth-order valence-corrected chi connectivity index (χ4v) is 4.05. The van der Waals surface area contributed by atoms with Gasteiger partial charge in [-0.2, -0.15) is 0 Å². The molecule has 18 heavy (non-hydrogen) atoms. The summed E-state index contributed by atoms with van der Waals surface area (Å²) in [6.07, 6.45) is 1.98. The molecule has 100 valence electrons. The number of nitrogens with zero attached hydrogens (tertiary/aromatic N) is 1. The Morgan fingerprint density at radius 2 is 2.17 bits per heavy atom. The van der Waals surface area contributed by atoms with E-state index in [0.29, 0.717) is 10.6 Å². The smallest absolute Gasteiger partial charge is 0.263 e. The molecule has 0 saturated carbocycles. The third kappa shape index (κ3) is 2.43. The molecule has 0 atom stereocenters. The summed E-state index contributed by atoms with van der Waals surface area (Å²) in [7, 11) is 1.62. The van der Waals surface area contributed by atoms with Gasteiger partial charge in [-0.05, 0) is 6.26 Å². The molecule has 0 aromatic carbocycles. The van der Waals surface area contributed by atoms with Crippen LogP contribution in [0.15, 0.2) is 4.90 Å². The van der Waals surface area contributed by atoms with Crippen LogP contribution in [0.4, 0.5) is 10.7 Å². The standard InChI is InChI=1S/C11H17N3O2S2/c1-13-10(15)8-7(12)9(17-2)11(18-8)14-3-5-16-6-4-14/h3-6,12H2,1-2H3,(H,13,15). The number of nitrogens with one attached hydrogen (secondary N) is 1. The number of ether oxygens (including phenoxy) is 1. The van der Waals surface area contributed by atoms with Crippen LogP contribution in [0.5, 0.6) is 0 Å². The molecule has 0 bridgehead atoms. The predicted molar refractivity (Wildman–Crippen MR) is 76.9 cm³/mol. The number of thiophene rings is 1. The van der Waals surface area contributed by atoms with E-state index in [2.05, 4.69) is 10.2 Å². The lowest BCUT2D eigenvalue weighted by atomic mass is 10.3. The SMILES string of the molecule is CNC(=O)c1sc(N2CCOCC2)c(SC)c1N. The molecular formula is C11H17N3O2S2. The van der Waals surface area contributed by atoms with E-state index in [0.717, 1.165) is 36.2 Å². The van der Waals surface area contributed by atoms with E-state index in [1.54, 1.807) is 18.8 Å². The first-order valence-corrected chi connectivity index (χ1v) is 7.74. The second-order valence-corrected chi connectivity index (χ2v) is 5.68. The lowest BCUT2D eigenvalue weighted by molar-refractivity contribution is 0.0968. The Labute approximate surface area is 115 Å². The Morgan fingerprint density at radius 3 is 2.72 bits per heavy atom. The van der Waals surface area contributed by atoms with Gasteiger partial charge in [-0.15, -0.1) is 23.1 Å². The molecule has 1 aliphatic heterocycles. The Bertz CT molecular complexity index is 442. The van der Waals surface area contributed by atoms with Gasteiger partial charge < -0.3 is 20.7 Å². The van der Waals surface area contributed by atoms with Crippen molar-refractivity contribution in [2.45, 2.75) is 4.90 Å². The number of hydrogen-bond acceptors (Lipinski definition) is 6. The van der Waals surface area contributed by atoms with Crippen LogP contribution >= 0.6 is 23.1 Å². The number of carbonyl (C=O) groups is 1. The van der Waals surface area contributed by atoms with Crippen molar-refractivity contribution in [1.29, 1.82) is 0 Å². The van der Waals surface area contributed by atoms with E-state index in [-0.39, 0.29) is 5.91 Å². The number of morpholine rings is 1. The molecular weight excluding hydrogens is 270 g/mol. The number of nitrogen functional groups attached to an aromatic ring is 1. The van der Waals surface area contributed by atoms with Crippen LogP contribution in [0, 0.1) is 0 Å². The lowest BCUT2D eigenvalue weighted by Crippen LogP contribution is -2.35. The number of anilines is 2. The third-order valence-electron chi connectivity index (χ3n) is 2.82. The van der Waals surface area contributed by atoms with Gasteiger partial charge in [-0.25, -0.2) is 0 Å². The van der Waals surface area contributed by atoms with Crippen molar-refractivity contribution in [3.05, 3.63) is 4.88 Å². The first-order valence-electron chi connectivity index (χ1n) is 5.70. The highest BCUT2D eigenvalue weighted by atomic mass is 32.2. The zero-order valence-corrected chi connectivity index (χ0v) is 12.1. The molecule has 0 radical (unpaired) electrons. The first-order chi connectivity index (χ1) is 8.69. The molecule has 0 spiro atoms. The van der Waals surface area contributed by atoms with Gasteiger partial charge in [0.05, 0.1) is 23.8 Å². The Kier molecular flexibility index (Phi) is 4.36. The van der Waals surface area contributed by atoms with E-state index in [9.17, 15) is 4.79 Å². The summed E-state index contributed by atoms with van der Waals surface area (Å²) >= 11 is 3.05. The van der Waals surface area contributed by atoms with E-state index >= 15 is 0 Å². The van der Waals surface area contributed by atoms with Crippen molar-refractivity contribution in [3.8, 4) is 0 Å². The van der Waals surface area contributed by atoms with Gasteiger partial charge in [0.25, 0.3) is 5.91 Å². The summed E-state index contributed by atoms with van der Waals surface area (Å²) in [5.74, 6) is -0.118. The molecule has 2 heterocycles. The number of thioether (sulfide) groups is 1. The number of carbonyl (C=O) groups excluding carboxylic acids is 1. The van der Waals surface area contributed by atoms with Crippen molar-refractivity contribution in [2.75, 3.05) is 50.2 Å². The summed E-state index contributed by atoms with van der Waals surface area (Å²) in [4.78, 5) is 15.6. The highest BCUT2D eigenvalue weighted by Crippen LogP contribution is 2.43. The van der Waals surface area contributed by atoms with Gasteiger partial charge in [0.15, 0.2) is 0 Å². The van der Waals surface area contributed by atoms with Crippen LogP contribution in [0.1, 0.15) is 9.67 Å². The third-order valence-corrected chi connectivity index (χ3v) is 5.03. The van der Waals surface area contributed by atoms with E-state index < -0.39 is 0 Å². The summed E-state index contributed by atoms with van der Waals surface area (Å²) in [5.41, 5.74) is 6.66. The fraction of sp³-hybridized carbons (Fsp3) is 0.545. The first kappa shape index (κ1) is 13.5. The lowest BCUT2D eigenvalue weighted by Gasteiger charge is -2.28. The Balaban J connectivity index is 2.36. The predicted octanol–water partition coefficient (Wildman–Crippen LogP) is 1.25. The van der Waals surface area contributed by atoms with Crippen molar-refractivity contribution in [3.63, 3.8) is 0 Å². The fourth-order valence-electron chi connectivity index (χ4n) is 1.87. The largest absolute Gasteiger partial charge is 0.396 e. The maximum atomic E-state index is 11.8. The summed E-state index contributed by atoms with van der Waals surface area (Å²) < 4.78 is 5.35. The number of rotatable bonds is 3. The molecule has 0 aliphatic carbocycles. The average molecular weight is 287 g/mol. The van der Waals surface area contributed by atoms with E-state index in [1.165, 1.54) is 11.3 Å². The van der Waals surface area contributed by atoms with Gasteiger partial charge >= 0.3 is 0 Å². The van der Waals surface area contributed by atoms with Gasteiger partial charge in [0.2, 0.25) is 0 Å². The van der Waals surface area contributed by atoms with E-state index in [4.69, 9.17) is 10.5 Å². The molecule has 1 aromatic rings. The Morgan fingerprint density at radius 1 is 1.50 bits per heavy atom. The number of amides is 1. The zero-order chi connectivity index (χ0) is 13.1. The second-order valence-electron chi connectivity index (χ2n) is 3.86. The molecule has 5 nitrogen and oxygen atoms in total. The van der Waals surface area contributed by atoms with Gasteiger partial charge in [0, 0.05) is 20.1 Å². The maximum Gasteiger partial charge on any atom is 0.263 e. The molecule has 3 N–H and O–H groups in total. The Hall–Kier alpha value is -0.920. The molecule has 1 saturated heterocycles. The van der Waals surface area contributed by atoms with Gasteiger partial charge in [-0.1, -0.05) is 0 Å². The summed E-state index contributed by atoms with van der Waals surface area (Å²) in [6, 6.07) is 0. The number of hydrogen-bond donors (Lipinski definition) is 2. The quantitative estimate of drug-likeness (QED) is 0.819. The normalized spacial score (nSPS) is 15.8. The van der Waals surface area contributed by atoms with Crippen LogP contribution in [-0.2, 0) is 4.74 Å². The molecule has 2 rings (SSSR count). The van der Waals surface area contributed by atoms with Crippen molar-refractivity contribution in [2.24, 2.45) is 0 Å². The van der Waals surface area contributed by atoms with Crippen molar-refractivity contribution < 1.29 is 9.53 Å².